The zero-order valence-corrected chi connectivity index (χ0v) is 17.2. The lowest BCUT2D eigenvalue weighted by Gasteiger charge is -2.35. The number of aromatic nitrogens is 1. The van der Waals surface area contributed by atoms with Crippen LogP contribution in [0.25, 0.3) is 0 Å². The molecule has 0 aromatic carbocycles. The van der Waals surface area contributed by atoms with Crippen LogP contribution >= 0.6 is 0 Å². The van der Waals surface area contributed by atoms with Gasteiger partial charge in [-0.1, -0.05) is 13.3 Å². The summed E-state index contributed by atoms with van der Waals surface area (Å²) < 4.78 is 10.6. The van der Waals surface area contributed by atoms with Crippen LogP contribution in [0, 0.1) is 6.92 Å². The molecule has 2 N–H and O–H groups in total. The number of carbonyl (C=O) groups is 2. The number of amides is 1. The van der Waals surface area contributed by atoms with Gasteiger partial charge in [0.15, 0.2) is 0 Å². The molecular weight excluding hydrogens is 346 g/mol. The second kappa shape index (κ2) is 9.90. The Balaban J connectivity index is 1.93. The summed E-state index contributed by atoms with van der Waals surface area (Å²) in [4.78, 5) is 30.2. The van der Waals surface area contributed by atoms with Crippen molar-refractivity contribution in [3.8, 4) is 0 Å². The van der Waals surface area contributed by atoms with Crippen molar-refractivity contribution in [3.63, 3.8) is 0 Å². The third-order valence-electron chi connectivity index (χ3n) is 4.84. The number of ether oxygens (including phenoxy) is 2. The molecule has 1 aliphatic heterocycles. The van der Waals surface area contributed by atoms with E-state index in [1.807, 2.05) is 6.92 Å². The van der Waals surface area contributed by atoms with Gasteiger partial charge in [-0.25, -0.2) is 4.79 Å². The number of nitrogens with one attached hydrogen (secondary N) is 2. The van der Waals surface area contributed by atoms with E-state index in [4.69, 9.17) is 9.47 Å². The van der Waals surface area contributed by atoms with Crippen LogP contribution < -0.4 is 5.32 Å². The van der Waals surface area contributed by atoms with Crippen LogP contribution in [-0.2, 0) is 15.9 Å². The van der Waals surface area contributed by atoms with Gasteiger partial charge >= 0.3 is 5.97 Å². The number of carbonyl (C=O) groups excluding carboxylic acids is 2. The van der Waals surface area contributed by atoms with E-state index >= 15 is 0 Å². The molecule has 0 radical (unpaired) electrons. The van der Waals surface area contributed by atoms with Crippen molar-refractivity contribution in [1.82, 2.24) is 15.2 Å². The highest BCUT2D eigenvalue weighted by Gasteiger charge is 2.25. The number of esters is 1. The summed E-state index contributed by atoms with van der Waals surface area (Å²) in [6.45, 7) is 11.4. The van der Waals surface area contributed by atoms with E-state index < -0.39 is 5.97 Å². The van der Waals surface area contributed by atoms with E-state index in [2.05, 4.69) is 29.0 Å². The van der Waals surface area contributed by atoms with E-state index in [1.165, 1.54) is 7.11 Å². The third-order valence-corrected chi connectivity index (χ3v) is 4.84. The molecule has 0 spiro atoms. The average Bonchev–Trinajstić information content (AvgIpc) is 2.94. The van der Waals surface area contributed by atoms with Crippen molar-refractivity contribution in [3.05, 3.63) is 22.5 Å². The summed E-state index contributed by atoms with van der Waals surface area (Å²) >= 11 is 0. The van der Waals surface area contributed by atoms with Crippen LogP contribution in [0.3, 0.4) is 0 Å². The van der Waals surface area contributed by atoms with Gasteiger partial charge in [-0.05, 0) is 39.2 Å². The number of morpholine rings is 1. The smallest absolute Gasteiger partial charge is 0.339 e. The molecular formula is C20H33N3O4. The highest BCUT2D eigenvalue weighted by Crippen LogP contribution is 2.21. The Morgan fingerprint density at radius 3 is 2.56 bits per heavy atom. The van der Waals surface area contributed by atoms with Gasteiger partial charge < -0.3 is 19.8 Å². The Kier molecular flexibility index (Phi) is 7.86. The molecule has 0 saturated carbocycles. The first kappa shape index (κ1) is 21.4. The molecule has 1 aromatic heterocycles. The van der Waals surface area contributed by atoms with Crippen LogP contribution in [0.4, 0.5) is 0 Å². The van der Waals surface area contributed by atoms with E-state index in [-0.39, 0.29) is 18.1 Å². The lowest BCUT2D eigenvalue weighted by Crippen LogP contribution is -2.46. The summed E-state index contributed by atoms with van der Waals surface area (Å²) in [6, 6.07) is 0. The molecule has 1 aliphatic rings. The average molecular weight is 380 g/mol. The van der Waals surface area contributed by atoms with Crippen LogP contribution in [0.1, 0.15) is 65.7 Å². The highest BCUT2D eigenvalue weighted by molar-refractivity contribution is 6.00. The minimum Gasteiger partial charge on any atom is -0.465 e. The zero-order chi connectivity index (χ0) is 20.0. The minimum absolute atomic E-state index is 0.166. The van der Waals surface area contributed by atoms with Crippen LogP contribution in [0.5, 0.6) is 0 Å². The number of hydrogen-bond donors (Lipinski definition) is 2. The number of methoxy groups -OCH3 is 1. The van der Waals surface area contributed by atoms with Gasteiger partial charge in [0.25, 0.3) is 5.91 Å². The predicted molar refractivity (Wildman–Crippen MR) is 104 cm³/mol. The normalized spacial score (nSPS) is 20.5. The molecule has 1 aromatic rings. The standard InChI is InChI=1S/C20H33N3O4/c1-6-8-16-17(20(25)26-5)15(4)22-18(16)19(24)21-9-7-10-23-11-13(2)27-14(3)12-23/h13-14,22H,6-12H2,1-5H3,(H,21,24). The van der Waals surface area contributed by atoms with Gasteiger partial charge in [-0.2, -0.15) is 0 Å². The Labute approximate surface area is 161 Å². The summed E-state index contributed by atoms with van der Waals surface area (Å²) in [7, 11) is 1.36. The van der Waals surface area contributed by atoms with E-state index in [0.717, 1.165) is 38.0 Å². The minimum atomic E-state index is -0.401. The lowest BCUT2D eigenvalue weighted by atomic mass is 10.0. The van der Waals surface area contributed by atoms with Crippen LogP contribution in [-0.4, -0.2) is 67.3 Å². The van der Waals surface area contributed by atoms with E-state index in [1.54, 1.807) is 6.92 Å². The molecule has 2 rings (SSSR count). The molecule has 0 bridgehead atoms. The van der Waals surface area contributed by atoms with Gasteiger partial charge in [0.1, 0.15) is 5.69 Å². The molecule has 1 saturated heterocycles. The number of hydrogen-bond acceptors (Lipinski definition) is 5. The number of aromatic amines is 1. The number of nitrogens with zero attached hydrogens (tertiary/aromatic N) is 1. The molecule has 2 heterocycles. The quantitative estimate of drug-likeness (QED) is 0.535. The fourth-order valence-electron chi connectivity index (χ4n) is 3.81. The molecule has 152 valence electrons. The van der Waals surface area contributed by atoms with Crippen molar-refractivity contribution >= 4 is 11.9 Å². The van der Waals surface area contributed by atoms with Gasteiger partial charge in [-0.3, -0.25) is 9.69 Å². The molecule has 7 heteroatoms. The second-order valence-corrected chi connectivity index (χ2v) is 7.35. The summed E-state index contributed by atoms with van der Waals surface area (Å²) in [5.41, 5.74) is 2.38. The maximum atomic E-state index is 12.6. The molecule has 1 fully saturated rings. The summed E-state index contributed by atoms with van der Waals surface area (Å²) in [6.07, 6.45) is 2.87. The van der Waals surface area contributed by atoms with Crippen LogP contribution in [0.2, 0.25) is 0 Å². The van der Waals surface area contributed by atoms with Crippen LogP contribution in [0.15, 0.2) is 0 Å². The first-order valence-corrected chi connectivity index (χ1v) is 9.83. The first-order chi connectivity index (χ1) is 12.9. The predicted octanol–water partition coefficient (Wildman–Crippen LogP) is 2.29. The largest absolute Gasteiger partial charge is 0.465 e. The number of rotatable bonds is 8. The monoisotopic (exact) mass is 379 g/mol. The fraction of sp³-hybridized carbons (Fsp3) is 0.700. The van der Waals surface area contributed by atoms with E-state index in [0.29, 0.717) is 29.9 Å². The van der Waals surface area contributed by atoms with Crippen molar-refractivity contribution in [2.75, 3.05) is 33.3 Å². The summed E-state index contributed by atoms with van der Waals surface area (Å²) in [5, 5.41) is 2.98. The number of H-pyrrole nitrogens is 1. The molecule has 0 aliphatic carbocycles. The molecule has 7 nitrogen and oxygen atoms in total. The van der Waals surface area contributed by atoms with E-state index in [9.17, 15) is 9.59 Å². The Bertz CT molecular complexity index is 646. The topological polar surface area (TPSA) is 83.7 Å². The third kappa shape index (κ3) is 5.56. The zero-order valence-electron chi connectivity index (χ0n) is 17.2. The first-order valence-electron chi connectivity index (χ1n) is 9.83. The van der Waals surface area contributed by atoms with Crippen molar-refractivity contribution in [1.29, 1.82) is 0 Å². The fourth-order valence-corrected chi connectivity index (χ4v) is 3.81. The van der Waals surface area contributed by atoms with Crippen molar-refractivity contribution in [2.24, 2.45) is 0 Å². The second-order valence-electron chi connectivity index (χ2n) is 7.35. The summed E-state index contributed by atoms with van der Waals surface area (Å²) in [5.74, 6) is -0.567. The van der Waals surface area contributed by atoms with Crippen molar-refractivity contribution < 1.29 is 19.1 Å². The molecule has 2 unspecified atom stereocenters. The van der Waals surface area contributed by atoms with Gasteiger partial charge in [0.05, 0.1) is 24.9 Å². The lowest BCUT2D eigenvalue weighted by molar-refractivity contribution is -0.0680. The Hall–Kier alpha value is -1.86. The molecule has 1 amide bonds. The maximum Gasteiger partial charge on any atom is 0.339 e. The van der Waals surface area contributed by atoms with Gasteiger partial charge in [0.2, 0.25) is 0 Å². The highest BCUT2D eigenvalue weighted by atomic mass is 16.5. The maximum absolute atomic E-state index is 12.6. The van der Waals surface area contributed by atoms with Crippen molar-refractivity contribution in [2.45, 2.75) is 59.2 Å². The number of aryl methyl sites for hydroxylation is 1. The Morgan fingerprint density at radius 2 is 1.96 bits per heavy atom. The molecule has 2 atom stereocenters. The van der Waals surface area contributed by atoms with Gasteiger partial charge in [-0.15, -0.1) is 0 Å². The molecule has 27 heavy (non-hydrogen) atoms. The SMILES string of the molecule is CCCc1c(C(=O)NCCCN2CC(C)OC(C)C2)[nH]c(C)c1C(=O)OC. The van der Waals surface area contributed by atoms with Gasteiger partial charge in [0, 0.05) is 31.9 Å². The Morgan fingerprint density at radius 1 is 1.30 bits per heavy atom.